The summed E-state index contributed by atoms with van der Waals surface area (Å²) >= 11 is 3.03. The Bertz CT molecular complexity index is 1540. The summed E-state index contributed by atoms with van der Waals surface area (Å²) in [5.41, 5.74) is 3.45. The smallest absolute Gasteiger partial charge is 0.405 e. The molecule has 0 aliphatic rings. The minimum atomic E-state index is -4.41. The molecule has 39 heavy (non-hydrogen) atoms. The second-order valence-electron chi connectivity index (χ2n) is 8.74. The lowest BCUT2D eigenvalue weighted by Gasteiger charge is -2.22. The first-order valence-corrected chi connectivity index (χ1v) is 14.9. The van der Waals surface area contributed by atoms with E-state index in [4.69, 9.17) is 9.54 Å². The highest BCUT2D eigenvalue weighted by molar-refractivity contribution is 7.87. The van der Waals surface area contributed by atoms with Crippen LogP contribution in [0.25, 0.3) is 9.88 Å². The third-order valence-corrected chi connectivity index (χ3v) is 8.31. The largest absolute Gasteiger partial charge is 0.465 e. The molecule has 2 atom stereocenters. The number of benzene rings is 2. The predicted octanol–water partition coefficient (Wildman–Crippen LogP) is 4.67. The van der Waals surface area contributed by atoms with E-state index in [1.165, 1.54) is 23.5 Å². The molecule has 0 spiro atoms. The molecular formula is C26H26N4O6S3. The molecule has 204 valence electrons. The number of aryl methyl sites for hydroxylation is 1. The average Bonchev–Trinajstić information content (AvgIpc) is 3.53. The number of carboxylic acid groups (broad SMARTS) is 1. The van der Waals surface area contributed by atoms with E-state index in [0.29, 0.717) is 12.1 Å². The minimum Gasteiger partial charge on any atom is -0.465 e. The summed E-state index contributed by atoms with van der Waals surface area (Å²) in [6.07, 6.45) is -0.845. The number of aromatic nitrogens is 1. The van der Waals surface area contributed by atoms with E-state index in [9.17, 15) is 23.1 Å². The fraction of sp³-hybridized carbons (Fsp3) is 0.192. The molecule has 0 saturated carbocycles. The van der Waals surface area contributed by atoms with Crippen molar-refractivity contribution in [3.63, 3.8) is 0 Å². The Morgan fingerprint density at radius 1 is 0.949 bits per heavy atom. The topological polar surface area (TPSA) is 158 Å². The summed E-state index contributed by atoms with van der Waals surface area (Å²) in [5, 5.41) is 19.3. The zero-order valence-corrected chi connectivity index (χ0v) is 23.1. The Hall–Kier alpha value is -3.78. The van der Waals surface area contributed by atoms with Crippen molar-refractivity contribution in [3.05, 3.63) is 93.8 Å². The molecule has 0 saturated heterocycles. The minimum absolute atomic E-state index is 0.165. The molecule has 2 heterocycles. The van der Waals surface area contributed by atoms with Gasteiger partial charge in [-0.1, -0.05) is 42.5 Å². The molecule has 2 aromatic heterocycles. The quantitative estimate of drug-likeness (QED) is 0.160. The number of nitrogens with one attached hydrogen (secondary N) is 3. The van der Waals surface area contributed by atoms with Gasteiger partial charge in [0.25, 0.3) is 0 Å². The van der Waals surface area contributed by atoms with Crippen LogP contribution in [0.2, 0.25) is 0 Å². The summed E-state index contributed by atoms with van der Waals surface area (Å²) in [5.74, 6) is -0.502. The second-order valence-corrected chi connectivity index (χ2v) is 11.7. The molecule has 2 aromatic carbocycles. The summed E-state index contributed by atoms with van der Waals surface area (Å²) in [7, 11) is -4.41. The molecule has 0 aliphatic carbocycles. The van der Waals surface area contributed by atoms with E-state index in [1.54, 1.807) is 23.5 Å². The first kappa shape index (κ1) is 28.2. The van der Waals surface area contributed by atoms with Crippen LogP contribution in [0.5, 0.6) is 0 Å². The van der Waals surface area contributed by atoms with Crippen LogP contribution in [0.4, 0.5) is 10.5 Å². The maximum atomic E-state index is 13.4. The molecule has 13 heteroatoms. The third kappa shape index (κ3) is 8.10. The maximum absolute atomic E-state index is 13.4. The Labute approximate surface area is 233 Å². The SMILES string of the molecule is Cc1ccsc1-c1nc([C@H](Cc2ccc(NS(=O)(=O)O)cc2)NC(=O)[C@H](Cc2ccccc2)NC(=O)O)cs1. The lowest BCUT2D eigenvalue weighted by atomic mass is 10.0. The molecule has 0 unspecified atom stereocenters. The van der Waals surface area contributed by atoms with Gasteiger partial charge in [-0.3, -0.25) is 14.1 Å². The lowest BCUT2D eigenvalue weighted by Crippen LogP contribution is -2.48. The van der Waals surface area contributed by atoms with Gasteiger partial charge >= 0.3 is 16.4 Å². The van der Waals surface area contributed by atoms with Crippen molar-refractivity contribution < 1.29 is 27.7 Å². The van der Waals surface area contributed by atoms with Crippen LogP contribution >= 0.6 is 22.7 Å². The van der Waals surface area contributed by atoms with Gasteiger partial charge in [-0.25, -0.2) is 9.78 Å². The lowest BCUT2D eigenvalue weighted by molar-refractivity contribution is -0.123. The fourth-order valence-corrected chi connectivity index (χ4v) is 6.35. The normalized spacial score (nSPS) is 12.9. The fourth-order valence-electron chi connectivity index (χ4n) is 3.95. The molecule has 4 aromatic rings. The standard InChI is InChI=1S/C26H26N4O6S3/c1-16-11-12-37-23(16)25-28-22(15-38-25)20(13-18-7-9-19(10-8-18)30-39(34,35)36)27-24(31)21(29-26(32)33)14-17-5-3-2-4-6-17/h2-12,15,20-21,29-30H,13-14H2,1H3,(H,27,31)(H,32,33)(H,34,35,36)/t20-,21-/m0/s1. The second kappa shape index (κ2) is 12.4. The number of carbonyl (C=O) groups excluding carboxylic acids is 1. The van der Waals surface area contributed by atoms with Gasteiger partial charge in [0.05, 0.1) is 22.3 Å². The summed E-state index contributed by atoms with van der Waals surface area (Å²) in [6.45, 7) is 2.00. The molecule has 2 amide bonds. The average molecular weight is 587 g/mol. The molecular weight excluding hydrogens is 561 g/mol. The van der Waals surface area contributed by atoms with Gasteiger partial charge in [-0.15, -0.1) is 22.7 Å². The van der Waals surface area contributed by atoms with E-state index in [2.05, 4.69) is 10.6 Å². The number of nitrogens with zero attached hydrogens (tertiary/aromatic N) is 1. The Kier molecular flexibility index (Phi) is 8.97. The third-order valence-electron chi connectivity index (χ3n) is 5.79. The predicted molar refractivity (Wildman–Crippen MR) is 151 cm³/mol. The van der Waals surface area contributed by atoms with E-state index in [0.717, 1.165) is 26.6 Å². The highest BCUT2D eigenvalue weighted by Crippen LogP contribution is 2.33. The van der Waals surface area contributed by atoms with Crippen LogP contribution in [-0.2, 0) is 27.9 Å². The van der Waals surface area contributed by atoms with Crippen molar-refractivity contribution in [1.82, 2.24) is 15.6 Å². The molecule has 0 radical (unpaired) electrons. The maximum Gasteiger partial charge on any atom is 0.405 e. The van der Waals surface area contributed by atoms with Gasteiger partial charge in [0.1, 0.15) is 11.0 Å². The molecule has 4 rings (SSSR count). The van der Waals surface area contributed by atoms with Crippen molar-refractivity contribution in [2.45, 2.75) is 31.8 Å². The number of carbonyl (C=O) groups is 2. The Balaban J connectivity index is 1.60. The summed E-state index contributed by atoms with van der Waals surface area (Å²) in [6, 6.07) is 15.8. The van der Waals surface area contributed by atoms with E-state index in [1.807, 2.05) is 58.8 Å². The molecule has 5 N–H and O–H groups in total. The van der Waals surface area contributed by atoms with Crippen LogP contribution in [0.1, 0.15) is 28.4 Å². The van der Waals surface area contributed by atoms with E-state index in [-0.39, 0.29) is 12.1 Å². The van der Waals surface area contributed by atoms with Crippen LogP contribution in [0.15, 0.2) is 71.4 Å². The van der Waals surface area contributed by atoms with Crippen molar-refractivity contribution >= 4 is 50.7 Å². The number of hydrogen-bond donors (Lipinski definition) is 5. The van der Waals surface area contributed by atoms with Gasteiger partial charge < -0.3 is 15.7 Å². The number of amides is 2. The summed E-state index contributed by atoms with van der Waals surface area (Å²) < 4.78 is 33.2. The van der Waals surface area contributed by atoms with Crippen LogP contribution in [0, 0.1) is 6.92 Å². The number of thiazole rings is 1. The molecule has 10 nitrogen and oxygen atoms in total. The first-order chi connectivity index (χ1) is 18.6. The van der Waals surface area contributed by atoms with Crippen LogP contribution < -0.4 is 15.4 Å². The monoisotopic (exact) mass is 586 g/mol. The number of anilines is 1. The van der Waals surface area contributed by atoms with Gasteiger partial charge in [0, 0.05) is 11.8 Å². The van der Waals surface area contributed by atoms with Crippen LogP contribution in [-0.4, -0.2) is 41.1 Å². The van der Waals surface area contributed by atoms with Crippen molar-refractivity contribution in [2.24, 2.45) is 0 Å². The Morgan fingerprint density at radius 3 is 2.26 bits per heavy atom. The van der Waals surface area contributed by atoms with Gasteiger partial charge in [-0.2, -0.15) is 8.42 Å². The van der Waals surface area contributed by atoms with Crippen molar-refractivity contribution in [1.29, 1.82) is 0 Å². The zero-order chi connectivity index (χ0) is 28.0. The van der Waals surface area contributed by atoms with Crippen LogP contribution in [0.3, 0.4) is 0 Å². The van der Waals surface area contributed by atoms with Crippen molar-refractivity contribution in [3.8, 4) is 9.88 Å². The van der Waals surface area contributed by atoms with E-state index < -0.39 is 34.4 Å². The summed E-state index contributed by atoms with van der Waals surface area (Å²) in [4.78, 5) is 30.7. The van der Waals surface area contributed by atoms with Crippen molar-refractivity contribution in [2.75, 3.05) is 4.72 Å². The molecule has 0 fully saturated rings. The zero-order valence-electron chi connectivity index (χ0n) is 20.7. The molecule has 0 bridgehead atoms. The van der Waals surface area contributed by atoms with Gasteiger partial charge in [-0.05, 0) is 53.6 Å². The number of rotatable bonds is 11. The number of hydrogen-bond acceptors (Lipinski definition) is 7. The highest BCUT2D eigenvalue weighted by atomic mass is 32.2. The first-order valence-electron chi connectivity index (χ1n) is 11.7. The van der Waals surface area contributed by atoms with Gasteiger partial charge in [0.2, 0.25) is 5.91 Å². The van der Waals surface area contributed by atoms with E-state index >= 15 is 0 Å². The molecule has 0 aliphatic heterocycles. The highest BCUT2D eigenvalue weighted by Gasteiger charge is 2.26. The number of thiophene rings is 1. The van der Waals surface area contributed by atoms with Gasteiger partial charge in [0.15, 0.2) is 0 Å². The Morgan fingerprint density at radius 2 is 1.64 bits per heavy atom.